The van der Waals surface area contributed by atoms with Crippen LogP contribution in [0, 0.1) is 5.41 Å². The second-order valence-electron chi connectivity index (χ2n) is 5.68. The van der Waals surface area contributed by atoms with Crippen LogP contribution in [0.1, 0.15) is 43.1 Å². The number of aromatic nitrogens is 1. The lowest BCUT2D eigenvalue weighted by Gasteiger charge is -2.61. The fourth-order valence-electron chi connectivity index (χ4n) is 3.45. The van der Waals surface area contributed by atoms with Crippen LogP contribution < -0.4 is 5.32 Å². The zero-order valence-corrected chi connectivity index (χ0v) is 11.6. The lowest BCUT2D eigenvalue weighted by molar-refractivity contribution is -0.157. The summed E-state index contributed by atoms with van der Waals surface area (Å²) in [5, 5.41) is 12.4. The van der Waals surface area contributed by atoms with Gasteiger partial charge in [-0.3, -0.25) is 0 Å². The van der Waals surface area contributed by atoms with Gasteiger partial charge in [-0.15, -0.1) is 0 Å². The normalized spacial score (nSPS) is 26.6. The van der Waals surface area contributed by atoms with Crippen LogP contribution in [0.4, 0.5) is 5.82 Å². The summed E-state index contributed by atoms with van der Waals surface area (Å²) in [6, 6.07) is 5.41. The van der Waals surface area contributed by atoms with E-state index in [1.807, 2.05) is 13.0 Å². The zero-order chi connectivity index (χ0) is 14.2. The van der Waals surface area contributed by atoms with E-state index in [4.69, 9.17) is 9.84 Å². The Hall–Kier alpha value is -1.62. The number of carbonyl (C=O) groups is 1. The van der Waals surface area contributed by atoms with Crippen LogP contribution in [-0.2, 0) is 4.74 Å². The van der Waals surface area contributed by atoms with Gasteiger partial charge in [0, 0.05) is 18.1 Å². The molecule has 108 valence electrons. The number of ether oxygens (including phenoxy) is 1. The maximum absolute atomic E-state index is 10.9. The molecule has 3 rings (SSSR count). The van der Waals surface area contributed by atoms with Gasteiger partial charge in [-0.05, 0) is 38.3 Å². The largest absolute Gasteiger partial charge is 0.477 e. The third-order valence-electron chi connectivity index (χ3n) is 4.73. The highest BCUT2D eigenvalue weighted by atomic mass is 16.5. The molecule has 1 aromatic heterocycles. The number of hydrogen-bond donors (Lipinski definition) is 2. The molecule has 2 N–H and O–H groups in total. The third kappa shape index (κ3) is 2.06. The van der Waals surface area contributed by atoms with Crippen LogP contribution in [-0.4, -0.2) is 34.8 Å². The van der Waals surface area contributed by atoms with Crippen molar-refractivity contribution in [3.8, 4) is 0 Å². The lowest BCUT2D eigenvalue weighted by Crippen LogP contribution is -2.64. The second-order valence-corrected chi connectivity index (χ2v) is 5.68. The summed E-state index contributed by atoms with van der Waals surface area (Å²) >= 11 is 0. The zero-order valence-electron chi connectivity index (χ0n) is 11.6. The summed E-state index contributed by atoms with van der Waals surface area (Å²) in [6.07, 6.45) is 4.96. The Kier molecular flexibility index (Phi) is 3.38. The Morgan fingerprint density at radius 3 is 2.95 bits per heavy atom. The van der Waals surface area contributed by atoms with Gasteiger partial charge in [-0.1, -0.05) is 12.5 Å². The Bertz CT molecular complexity index is 514. The molecule has 1 heterocycles. The van der Waals surface area contributed by atoms with Crippen molar-refractivity contribution < 1.29 is 14.6 Å². The first-order valence-corrected chi connectivity index (χ1v) is 7.24. The number of anilines is 1. The van der Waals surface area contributed by atoms with Crippen molar-refractivity contribution in [3.63, 3.8) is 0 Å². The Morgan fingerprint density at radius 1 is 1.55 bits per heavy atom. The van der Waals surface area contributed by atoms with Gasteiger partial charge in [-0.25, -0.2) is 9.78 Å². The van der Waals surface area contributed by atoms with Crippen LogP contribution in [0.3, 0.4) is 0 Å². The topological polar surface area (TPSA) is 71.5 Å². The molecular formula is C15H20N2O3. The summed E-state index contributed by atoms with van der Waals surface area (Å²) < 4.78 is 5.81. The van der Waals surface area contributed by atoms with Gasteiger partial charge in [0.25, 0.3) is 0 Å². The number of carboxylic acids is 1. The lowest BCUT2D eigenvalue weighted by atomic mass is 9.51. The molecule has 0 radical (unpaired) electrons. The number of nitrogens with one attached hydrogen (secondary N) is 1. The van der Waals surface area contributed by atoms with E-state index in [-0.39, 0.29) is 11.1 Å². The molecule has 5 heteroatoms. The van der Waals surface area contributed by atoms with E-state index in [9.17, 15) is 4.79 Å². The van der Waals surface area contributed by atoms with E-state index >= 15 is 0 Å². The van der Waals surface area contributed by atoms with Crippen molar-refractivity contribution in [2.75, 3.05) is 11.9 Å². The van der Waals surface area contributed by atoms with Crippen LogP contribution in [0.15, 0.2) is 18.2 Å². The van der Waals surface area contributed by atoms with Gasteiger partial charge >= 0.3 is 5.97 Å². The van der Waals surface area contributed by atoms with Crippen molar-refractivity contribution in [3.05, 3.63) is 23.9 Å². The van der Waals surface area contributed by atoms with Crippen molar-refractivity contribution >= 4 is 11.8 Å². The molecule has 5 nitrogen and oxygen atoms in total. The number of nitrogens with zero attached hydrogens (tertiary/aromatic N) is 1. The first-order valence-electron chi connectivity index (χ1n) is 7.24. The highest BCUT2D eigenvalue weighted by Gasteiger charge is 2.59. The van der Waals surface area contributed by atoms with E-state index in [1.54, 1.807) is 6.07 Å². The molecule has 2 saturated carbocycles. The summed E-state index contributed by atoms with van der Waals surface area (Å²) in [7, 11) is 0. The average Bonchev–Trinajstić information content (AvgIpc) is 2.35. The maximum atomic E-state index is 10.9. The monoisotopic (exact) mass is 276 g/mol. The summed E-state index contributed by atoms with van der Waals surface area (Å²) in [6.45, 7) is 2.79. The Labute approximate surface area is 118 Å². The van der Waals surface area contributed by atoms with Crippen molar-refractivity contribution in [1.29, 1.82) is 0 Å². The fraction of sp³-hybridized carbons (Fsp3) is 0.600. The highest BCUT2D eigenvalue weighted by Crippen LogP contribution is 2.58. The third-order valence-corrected chi connectivity index (χ3v) is 4.73. The molecular weight excluding hydrogens is 256 g/mol. The molecule has 1 aromatic rings. The molecule has 2 atom stereocenters. The number of rotatable bonds is 5. The molecule has 1 spiro atoms. The predicted octanol–water partition coefficient (Wildman–Crippen LogP) is 2.54. The van der Waals surface area contributed by atoms with Gasteiger partial charge in [0.1, 0.15) is 5.82 Å². The van der Waals surface area contributed by atoms with Gasteiger partial charge in [0.2, 0.25) is 0 Å². The molecule has 0 bridgehead atoms. The molecule has 20 heavy (non-hydrogen) atoms. The fourth-order valence-corrected chi connectivity index (χ4v) is 3.45. The number of pyridine rings is 1. The van der Waals surface area contributed by atoms with Crippen molar-refractivity contribution in [1.82, 2.24) is 4.98 Å². The van der Waals surface area contributed by atoms with E-state index in [0.29, 0.717) is 18.0 Å². The molecule has 2 aliphatic rings. The first kappa shape index (κ1) is 13.4. The summed E-state index contributed by atoms with van der Waals surface area (Å²) in [5.41, 5.74) is 0.329. The van der Waals surface area contributed by atoms with E-state index in [0.717, 1.165) is 13.0 Å². The smallest absolute Gasteiger partial charge is 0.354 e. The second kappa shape index (κ2) is 5.05. The summed E-state index contributed by atoms with van der Waals surface area (Å²) in [4.78, 5) is 15.1. The van der Waals surface area contributed by atoms with Gasteiger partial charge in [0.05, 0.1) is 6.10 Å². The Balaban J connectivity index is 1.70. The molecule has 0 saturated heterocycles. The molecule has 2 aliphatic carbocycles. The molecule has 2 unspecified atom stereocenters. The number of aromatic carboxylic acids is 1. The quantitative estimate of drug-likeness (QED) is 0.864. The predicted molar refractivity (Wildman–Crippen MR) is 74.9 cm³/mol. The average molecular weight is 276 g/mol. The van der Waals surface area contributed by atoms with Crippen molar-refractivity contribution in [2.45, 2.75) is 44.8 Å². The molecule has 0 aliphatic heterocycles. The van der Waals surface area contributed by atoms with E-state index in [2.05, 4.69) is 10.3 Å². The van der Waals surface area contributed by atoms with Crippen LogP contribution in [0.2, 0.25) is 0 Å². The first-order chi connectivity index (χ1) is 9.65. The number of carboxylic acid groups (broad SMARTS) is 1. The SMILES string of the molecule is CCOC1CC(Nc2cccc(C(=O)O)n2)C12CCC2. The van der Waals surface area contributed by atoms with Crippen LogP contribution >= 0.6 is 0 Å². The van der Waals surface area contributed by atoms with Gasteiger partial charge in [0.15, 0.2) is 5.69 Å². The highest BCUT2D eigenvalue weighted by molar-refractivity contribution is 5.85. The minimum Gasteiger partial charge on any atom is -0.477 e. The number of hydrogen-bond acceptors (Lipinski definition) is 4. The minimum absolute atomic E-state index is 0.0818. The van der Waals surface area contributed by atoms with Crippen LogP contribution in [0.25, 0.3) is 0 Å². The van der Waals surface area contributed by atoms with Crippen LogP contribution in [0.5, 0.6) is 0 Å². The standard InChI is InChI=1S/C15H20N2O3/c1-2-20-12-9-11(15(12)7-4-8-15)17-13-6-3-5-10(16-13)14(18)19/h3,5-6,11-12H,2,4,7-9H2,1H3,(H,16,17)(H,18,19). The van der Waals surface area contributed by atoms with Gasteiger partial charge < -0.3 is 15.2 Å². The minimum atomic E-state index is -0.993. The molecule has 0 amide bonds. The Morgan fingerprint density at radius 2 is 2.35 bits per heavy atom. The van der Waals surface area contributed by atoms with E-state index < -0.39 is 5.97 Å². The molecule has 0 aromatic carbocycles. The van der Waals surface area contributed by atoms with E-state index in [1.165, 1.54) is 25.3 Å². The summed E-state index contributed by atoms with van der Waals surface area (Å²) in [5.74, 6) is -0.344. The maximum Gasteiger partial charge on any atom is 0.354 e. The van der Waals surface area contributed by atoms with Crippen molar-refractivity contribution in [2.24, 2.45) is 5.41 Å². The van der Waals surface area contributed by atoms with Gasteiger partial charge in [-0.2, -0.15) is 0 Å². The molecule has 2 fully saturated rings.